The van der Waals surface area contributed by atoms with Gasteiger partial charge in [0.2, 0.25) is 0 Å². The molecule has 2 N–H and O–H groups in total. The molecular formula is C17H23N3O. The van der Waals surface area contributed by atoms with Gasteiger partial charge in [-0.3, -0.25) is 0 Å². The van der Waals surface area contributed by atoms with E-state index in [4.69, 9.17) is 0 Å². The fourth-order valence-corrected chi connectivity index (χ4v) is 3.20. The highest BCUT2D eigenvalue weighted by Crippen LogP contribution is 2.30. The smallest absolute Gasteiger partial charge is 0.317 e. The van der Waals surface area contributed by atoms with Gasteiger partial charge in [-0.2, -0.15) is 0 Å². The molecule has 1 heterocycles. The Morgan fingerprint density at radius 2 is 2.14 bits per heavy atom. The molecule has 0 radical (unpaired) electrons. The number of aromatic nitrogens is 1. The number of fused-ring (bicyclic) bond motifs is 3. The highest BCUT2D eigenvalue weighted by atomic mass is 16.2. The Balaban J connectivity index is 1.82. The quantitative estimate of drug-likeness (QED) is 0.875. The molecule has 2 aromatic rings. The highest BCUT2D eigenvalue weighted by molar-refractivity contribution is 5.85. The number of likely N-dealkylation sites (N-methyl/N-ethyl adjacent to an activating group) is 1. The summed E-state index contributed by atoms with van der Waals surface area (Å²) >= 11 is 0. The fraction of sp³-hybridized carbons (Fsp3) is 0.471. The molecule has 2 amide bonds. The van der Waals surface area contributed by atoms with Crippen molar-refractivity contribution in [2.24, 2.45) is 0 Å². The van der Waals surface area contributed by atoms with Crippen LogP contribution >= 0.6 is 0 Å². The lowest BCUT2D eigenvalue weighted by molar-refractivity contribution is 0.182. The van der Waals surface area contributed by atoms with Crippen molar-refractivity contribution in [2.75, 3.05) is 7.05 Å². The number of carbonyl (C=O) groups excluding carboxylic acids is 1. The molecule has 0 aliphatic heterocycles. The minimum Gasteiger partial charge on any atom is -0.358 e. The zero-order valence-electron chi connectivity index (χ0n) is 12.9. The summed E-state index contributed by atoms with van der Waals surface area (Å²) < 4.78 is 0. The van der Waals surface area contributed by atoms with Crippen molar-refractivity contribution < 1.29 is 4.79 Å². The van der Waals surface area contributed by atoms with Gasteiger partial charge < -0.3 is 15.2 Å². The molecule has 0 saturated carbocycles. The number of aryl methyl sites for hydroxylation is 1. The summed E-state index contributed by atoms with van der Waals surface area (Å²) in [5.41, 5.74) is 3.92. The first kappa shape index (κ1) is 14.0. The van der Waals surface area contributed by atoms with Crippen LogP contribution in [-0.4, -0.2) is 35.0 Å². The summed E-state index contributed by atoms with van der Waals surface area (Å²) in [6.45, 7) is 3.98. The third-order valence-electron chi connectivity index (χ3n) is 4.35. The van der Waals surface area contributed by atoms with Crippen LogP contribution in [0.25, 0.3) is 10.9 Å². The van der Waals surface area contributed by atoms with E-state index in [2.05, 4.69) is 34.6 Å². The van der Waals surface area contributed by atoms with Crippen LogP contribution in [0.4, 0.5) is 4.79 Å². The number of nitrogens with one attached hydrogen (secondary N) is 2. The summed E-state index contributed by atoms with van der Waals surface area (Å²) in [6, 6.07) is 8.90. The second-order valence-corrected chi connectivity index (χ2v) is 6.24. The van der Waals surface area contributed by atoms with Crippen molar-refractivity contribution in [1.82, 2.24) is 15.2 Å². The van der Waals surface area contributed by atoms with E-state index in [-0.39, 0.29) is 18.1 Å². The number of carbonyl (C=O) groups is 1. The van der Waals surface area contributed by atoms with Gasteiger partial charge in [0.25, 0.3) is 0 Å². The second-order valence-electron chi connectivity index (χ2n) is 6.24. The first-order valence-electron chi connectivity index (χ1n) is 7.68. The summed E-state index contributed by atoms with van der Waals surface area (Å²) in [4.78, 5) is 17.6. The minimum absolute atomic E-state index is 0.0262. The Morgan fingerprint density at radius 3 is 2.90 bits per heavy atom. The number of hydrogen-bond acceptors (Lipinski definition) is 1. The monoisotopic (exact) mass is 285 g/mol. The van der Waals surface area contributed by atoms with Crippen LogP contribution in [0.3, 0.4) is 0 Å². The standard InChI is InChI=1S/C17H23N3O/c1-11(2)18-17(21)20(3)12-8-9-16-14(10-12)13-6-4-5-7-15(13)19-16/h4-7,11-12,19H,8-10H2,1-3H3,(H,18,21). The van der Waals surface area contributed by atoms with Gasteiger partial charge in [0, 0.05) is 35.7 Å². The molecule has 1 aromatic carbocycles. The van der Waals surface area contributed by atoms with Crippen LogP contribution < -0.4 is 5.32 Å². The molecule has 1 unspecified atom stereocenters. The molecule has 112 valence electrons. The van der Waals surface area contributed by atoms with Gasteiger partial charge in [-0.05, 0) is 44.7 Å². The molecule has 0 fully saturated rings. The van der Waals surface area contributed by atoms with Crippen molar-refractivity contribution >= 4 is 16.9 Å². The van der Waals surface area contributed by atoms with Gasteiger partial charge >= 0.3 is 6.03 Å². The molecule has 4 heteroatoms. The van der Waals surface area contributed by atoms with E-state index >= 15 is 0 Å². The summed E-state index contributed by atoms with van der Waals surface area (Å²) in [6.07, 6.45) is 2.96. The highest BCUT2D eigenvalue weighted by Gasteiger charge is 2.27. The molecule has 1 aromatic heterocycles. The predicted octanol–water partition coefficient (Wildman–Crippen LogP) is 3.08. The minimum atomic E-state index is 0.0262. The molecule has 0 saturated heterocycles. The summed E-state index contributed by atoms with van der Waals surface area (Å²) in [7, 11) is 1.90. The summed E-state index contributed by atoms with van der Waals surface area (Å²) in [5, 5.41) is 4.27. The number of urea groups is 1. The number of H-pyrrole nitrogens is 1. The van der Waals surface area contributed by atoms with Crippen LogP contribution in [0.1, 0.15) is 31.5 Å². The topological polar surface area (TPSA) is 48.1 Å². The molecule has 0 bridgehead atoms. The number of rotatable bonds is 2. The SMILES string of the molecule is CC(C)NC(=O)N(C)C1CCc2[nH]c3ccccc3c2C1. The van der Waals surface area contributed by atoms with E-state index in [1.54, 1.807) is 0 Å². The molecular weight excluding hydrogens is 262 g/mol. The van der Waals surface area contributed by atoms with Crippen molar-refractivity contribution in [3.05, 3.63) is 35.5 Å². The van der Waals surface area contributed by atoms with Crippen molar-refractivity contribution in [1.29, 1.82) is 0 Å². The summed E-state index contributed by atoms with van der Waals surface area (Å²) in [5.74, 6) is 0. The van der Waals surface area contributed by atoms with Gasteiger partial charge in [-0.25, -0.2) is 4.79 Å². The normalized spacial score (nSPS) is 17.8. The number of nitrogens with zero attached hydrogens (tertiary/aromatic N) is 1. The van der Waals surface area contributed by atoms with E-state index in [1.807, 2.05) is 25.8 Å². The molecule has 4 nitrogen and oxygen atoms in total. The van der Waals surface area contributed by atoms with Gasteiger partial charge in [0.1, 0.15) is 0 Å². The van der Waals surface area contributed by atoms with Gasteiger partial charge in [0.15, 0.2) is 0 Å². The Labute approximate surface area is 125 Å². The van der Waals surface area contributed by atoms with Crippen molar-refractivity contribution in [3.8, 4) is 0 Å². The molecule has 3 rings (SSSR count). The molecule has 21 heavy (non-hydrogen) atoms. The first-order chi connectivity index (χ1) is 10.1. The lowest BCUT2D eigenvalue weighted by Gasteiger charge is -2.32. The number of hydrogen-bond donors (Lipinski definition) is 2. The average Bonchev–Trinajstić information content (AvgIpc) is 2.83. The number of para-hydroxylation sites is 1. The van der Waals surface area contributed by atoms with E-state index in [1.165, 1.54) is 22.2 Å². The Kier molecular flexibility index (Phi) is 3.62. The average molecular weight is 285 g/mol. The molecule has 1 atom stereocenters. The Hall–Kier alpha value is -1.97. The largest absolute Gasteiger partial charge is 0.358 e. The van der Waals surface area contributed by atoms with E-state index < -0.39 is 0 Å². The van der Waals surface area contributed by atoms with Crippen LogP contribution in [0, 0.1) is 0 Å². The first-order valence-corrected chi connectivity index (χ1v) is 7.68. The van der Waals surface area contributed by atoms with Crippen molar-refractivity contribution in [3.63, 3.8) is 0 Å². The Bertz CT molecular complexity index is 659. The second kappa shape index (κ2) is 5.43. The zero-order valence-corrected chi connectivity index (χ0v) is 12.9. The predicted molar refractivity (Wildman–Crippen MR) is 85.5 cm³/mol. The molecule has 1 aliphatic carbocycles. The van der Waals surface area contributed by atoms with Crippen LogP contribution in [0.5, 0.6) is 0 Å². The maximum Gasteiger partial charge on any atom is 0.317 e. The van der Waals surface area contributed by atoms with E-state index in [0.717, 1.165) is 19.3 Å². The van der Waals surface area contributed by atoms with Crippen LogP contribution in [0.15, 0.2) is 24.3 Å². The van der Waals surface area contributed by atoms with Gasteiger partial charge in [0.05, 0.1) is 0 Å². The molecule has 0 spiro atoms. The fourth-order valence-electron chi connectivity index (χ4n) is 3.20. The van der Waals surface area contributed by atoms with E-state index in [0.29, 0.717) is 0 Å². The number of amides is 2. The van der Waals surface area contributed by atoms with Gasteiger partial charge in [-0.1, -0.05) is 18.2 Å². The maximum absolute atomic E-state index is 12.2. The molecule has 1 aliphatic rings. The Morgan fingerprint density at radius 1 is 1.38 bits per heavy atom. The van der Waals surface area contributed by atoms with Gasteiger partial charge in [-0.15, -0.1) is 0 Å². The number of aromatic amines is 1. The third-order valence-corrected chi connectivity index (χ3v) is 4.35. The van der Waals surface area contributed by atoms with E-state index in [9.17, 15) is 4.79 Å². The van der Waals surface area contributed by atoms with Crippen LogP contribution in [0.2, 0.25) is 0 Å². The number of benzene rings is 1. The zero-order chi connectivity index (χ0) is 15.0. The van der Waals surface area contributed by atoms with Crippen molar-refractivity contribution in [2.45, 2.75) is 45.2 Å². The lowest BCUT2D eigenvalue weighted by Crippen LogP contribution is -2.47. The van der Waals surface area contributed by atoms with Crippen LogP contribution in [-0.2, 0) is 12.8 Å². The lowest BCUT2D eigenvalue weighted by atomic mass is 9.91. The third kappa shape index (κ3) is 2.62. The maximum atomic E-state index is 12.2.